The number of nitrogens with zero attached hydrogens (tertiary/aromatic N) is 2. The predicted molar refractivity (Wildman–Crippen MR) is 67.4 cm³/mol. The molecule has 2 aromatic rings. The van der Waals surface area contributed by atoms with Crippen molar-refractivity contribution >= 4 is 21.4 Å². The fraction of sp³-hybridized carbons (Fsp3) is 0.417. The molecule has 0 radical (unpaired) electrons. The van der Waals surface area contributed by atoms with Crippen LogP contribution in [-0.2, 0) is 4.74 Å². The van der Waals surface area contributed by atoms with Gasteiger partial charge in [0.15, 0.2) is 5.88 Å². The van der Waals surface area contributed by atoms with Gasteiger partial charge in [-0.15, -0.1) is 0 Å². The number of halogens is 1. The van der Waals surface area contributed by atoms with Gasteiger partial charge in [-0.1, -0.05) is 6.07 Å². The maximum Gasteiger partial charge on any atom is 0.197 e. The molecule has 2 aromatic heterocycles. The Balaban J connectivity index is 2.15. The Labute approximate surface area is 107 Å². The van der Waals surface area contributed by atoms with Crippen molar-refractivity contribution < 1.29 is 9.84 Å². The fourth-order valence-corrected chi connectivity index (χ4v) is 2.83. The Morgan fingerprint density at radius 1 is 1.35 bits per heavy atom. The minimum absolute atomic E-state index is 0.238. The van der Waals surface area contributed by atoms with Crippen LogP contribution in [0, 0.1) is 0 Å². The summed E-state index contributed by atoms with van der Waals surface area (Å²) in [6.45, 7) is 1.54. The quantitative estimate of drug-likeness (QED) is 0.880. The van der Waals surface area contributed by atoms with Crippen LogP contribution < -0.4 is 0 Å². The molecule has 1 aliphatic rings. The van der Waals surface area contributed by atoms with Crippen molar-refractivity contribution in [2.45, 2.75) is 18.8 Å². The fourth-order valence-electron chi connectivity index (χ4n) is 2.34. The summed E-state index contributed by atoms with van der Waals surface area (Å²) in [5.74, 6) is 1.52. The molecule has 4 nitrogen and oxygen atoms in total. The average Bonchev–Trinajstić information content (AvgIpc) is 2.70. The lowest BCUT2D eigenvalue weighted by Crippen LogP contribution is -2.16. The van der Waals surface area contributed by atoms with E-state index in [1.54, 1.807) is 6.07 Å². The van der Waals surface area contributed by atoms with Crippen LogP contribution in [0.15, 0.2) is 22.8 Å². The second-order valence-corrected chi connectivity index (χ2v) is 5.00. The molecule has 0 atom stereocenters. The van der Waals surface area contributed by atoms with Gasteiger partial charge in [0, 0.05) is 19.1 Å². The lowest BCUT2D eigenvalue weighted by Gasteiger charge is -2.21. The summed E-state index contributed by atoms with van der Waals surface area (Å²) in [6.07, 6.45) is 1.92. The molecule has 1 aliphatic heterocycles. The van der Waals surface area contributed by atoms with Crippen LogP contribution in [0.25, 0.3) is 5.52 Å². The van der Waals surface area contributed by atoms with Gasteiger partial charge in [-0.3, -0.25) is 4.40 Å². The second-order valence-electron chi connectivity index (χ2n) is 4.25. The molecule has 0 saturated carbocycles. The Hall–Kier alpha value is -1.07. The lowest BCUT2D eigenvalue weighted by molar-refractivity contribution is 0.0833. The first kappa shape index (κ1) is 11.0. The first-order chi connectivity index (χ1) is 8.27. The monoisotopic (exact) mass is 296 g/mol. The number of hydrogen-bond acceptors (Lipinski definition) is 3. The highest BCUT2D eigenvalue weighted by Crippen LogP contribution is 2.32. The molecule has 1 N–H and O–H groups in total. The third-order valence-corrected chi connectivity index (χ3v) is 3.79. The van der Waals surface area contributed by atoms with E-state index in [4.69, 9.17) is 4.74 Å². The molecule has 0 aliphatic carbocycles. The summed E-state index contributed by atoms with van der Waals surface area (Å²) in [4.78, 5) is 4.54. The van der Waals surface area contributed by atoms with Crippen molar-refractivity contribution in [2.24, 2.45) is 0 Å². The van der Waals surface area contributed by atoms with E-state index in [0.29, 0.717) is 5.92 Å². The first-order valence-corrected chi connectivity index (χ1v) is 6.50. The minimum atomic E-state index is 0.238. The SMILES string of the molecule is Oc1cccc2c(Br)nc(C3CCOCC3)n12. The number of aromatic hydroxyl groups is 1. The van der Waals surface area contributed by atoms with Gasteiger partial charge in [-0.25, -0.2) is 4.98 Å². The number of hydrogen-bond donors (Lipinski definition) is 1. The van der Waals surface area contributed by atoms with Gasteiger partial charge < -0.3 is 9.84 Å². The minimum Gasteiger partial charge on any atom is -0.494 e. The predicted octanol–water partition coefficient (Wildman–Crippen LogP) is 2.70. The summed E-state index contributed by atoms with van der Waals surface area (Å²) in [5.41, 5.74) is 0.909. The molecule has 1 fully saturated rings. The molecule has 0 aromatic carbocycles. The zero-order chi connectivity index (χ0) is 11.8. The van der Waals surface area contributed by atoms with Crippen LogP contribution in [0.2, 0.25) is 0 Å². The Bertz CT molecular complexity index is 547. The van der Waals surface area contributed by atoms with Crippen molar-refractivity contribution in [1.29, 1.82) is 0 Å². The number of pyridine rings is 1. The maximum atomic E-state index is 9.97. The summed E-state index contributed by atoms with van der Waals surface area (Å²) in [7, 11) is 0. The first-order valence-electron chi connectivity index (χ1n) is 5.71. The highest BCUT2D eigenvalue weighted by molar-refractivity contribution is 9.10. The van der Waals surface area contributed by atoms with E-state index < -0.39 is 0 Å². The summed E-state index contributed by atoms with van der Waals surface area (Å²) >= 11 is 3.44. The van der Waals surface area contributed by atoms with Gasteiger partial charge in [0.2, 0.25) is 0 Å². The second kappa shape index (κ2) is 4.31. The number of aromatic nitrogens is 2. The number of rotatable bonds is 1. The normalized spacial score (nSPS) is 17.7. The van der Waals surface area contributed by atoms with Crippen molar-refractivity contribution in [3.63, 3.8) is 0 Å². The van der Waals surface area contributed by atoms with E-state index in [1.807, 2.05) is 16.5 Å². The summed E-state index contributed by atoms with van der Waals surface area (Å²) in [5, 5.41) is 9.97. The molecule has 0 bridgehead atoms. The zero-order valence-corrected chi connectivity index (χ0v) is 10.9. The van der Waals surface area contributed by atoms with Gasteiger partial charge in [-0.2, -0.15) is 0 Å². The van der Waals surface area contributed by atoms with Crippen LogP contribution in [0.3, 0.4) is 0 Å². The molecule has 5 heteroatoms. The molecule has 3 rings (SSSR count). The molecule has 3 heterocycles. The van der Waals surface area contributed by atoms with Crippen molar-refractivity contribution in [3.8, 4) is 5.88 Å². The van der Waals surface area contributed by atoms with Gasteiger partial charge in [0.05, 0.1) is 5.52 Å². The standard InChI is InChI=1S/C12H13BrN2O2/c13-11-9-2-1-3-10(16)15(9)12(14-11)8-4-6-17-7-5-8/h1-3,8,16H,4-7H2. The Kier molecular flexibility index (Phi) is 2.80. The molecule has 1 saturated heterocycles. The molecular formula is C12H13BrN2O2. The molecule has 0 spiro atoms. The molecule has 0 amide bonds. The Morgan fingerprint density at radius 2 is 2.12 bits per heavy atom. The van der Waals surface area contributed by atoms with E-state index in [9.17, 15) is 5.11 Å². The molecular weight excluding hydrogens is 284 g/mol. The van der Waals surface area contributed by atoms with Gasteiger partial charge in [-0.05, 0) is 40.9 Å². The van der Waals surface area contributed by atoms with E-state index in [2.05, 4.69) is 20.9 Å². The van der Waals surface area contributed by atoms with Crippen LogP contribution in [0.1, 0.15) is 24.6 Å². The molecule has 90 valence electrons. The van der Waals surface area contributed by atoms with E-state index in [0.717, 1.165) is 42.0 Å². The average molecular weight is 297 g/mol. The maximum absolute atomic E-state index is 9.97. The third kappa shape index (κ3) is 1.83. The molecule has 17 heavy (non-hydrogen) atoms. The zero-order valence-electron chi connectivity index (χ0n) is 9.27. The van der Waals surface area contributed by atoms with E-state index >= 15 is 0 Å². The number of imidazole rings is 1. The highest BCUT2D eigenvalue weighted by Gasteiger charge is 2.23. The highest BCUT2D eigenvalue weighted by atomic mass is 79.9. The van der Waals surface area contributed by atoms with Crippen LogP contribution in [0.5, 0.6) is 5.88 Å². The van der Waals surface area contributed by atoms with Gasteiger partial charge >= 0.3 is 0 Å². The third-order valence-electron chi connectivity index (χ3n) is 3.21. The summed E-state index contributed by atoms with van der Waals surface area (Å²) in [6, 6.07) is 5.45. The van der Waals surface area contributed by atoms with Crippen LogP contribution in [0.4, 0.5) is 0 Å². The van der Waals surface area contributed by atoms with Crippen LogP contribution in [-0.4, -0.2) is 27.7 Å². The number of ether oxygens (including phenoxy) is 1. The van der Waals surface area contributed by atoms with Gasteiger partial charge in [0.25, 0.3) is 0 Å². The van der Waals surface area contributed by atoms with E-state index in [-0.39, 0.29) is 5.88 Å². The van der Waals surface area contributed by atoms with E-state index in [1.165, 1.54) is 0 Å². The largest absolute Gasteiger partial charge is 0.494 e. The van der Waals surface area contributed by atoms with Crippen molar-refractivity contribution in [3.05, 3.63) is 28.6 Å². The number of fused-ring (bicyclic) bond motifs is 1. The smallest absolute Gasteiger partial charge is 0.197 e. The van der Waals surface area contributed by atoms with Crippen molar-refractivity contribution in [2.75, 3.05) is 13.2 Å². The van der Waals surface area contributed by atoms with Crippen molar-refractivity contribution in [1.82, 2.24) is 9.38 Å². The topological polar surface area (TPSA) is 46.8 Å². The lowest BCUT2D eigenvalue weighted by atomic mass is 9.99. The molecule has 0 unspecified atom stereocenters. The summed E-state index contributed by atoms with van der Waals surface area (Å²) < 4.78 is 7.97. The Morgan fingerprint density at radius 3 is 2.88 bits per heavy atom. The van der Waals surface area contributed by atoms with Crippen LogP contribution >= 0.6 is 15.9 Å². The van der Waals surface area contributed by atoms with Gasteiger partial charge in [0.1, 0.15) is 10.4 Å².